The Morgan fingerprint density at radius 2 is 1.79 bits per heavy atom. The first-order valence-corrected chi connectivity index (χ1v) is 12.3. The molecule has 1 heterocycles. The fraction of sp³-hybridized carbons (Fsp3) is 0.476. The quantitative estimate of drug-likeness (QED) is 0.705. The average molecular weight is 419 g/mol. The van der Waals surface area contributed by atoms with Crippen LogP contribution in [0, 0.1) is 5.92 Å². The Morgan fingerprint density at radius 3 is 2.39 bits per heavy atom. The molecule has 1 aromatic carbocycles. The molecule has 0 radical (unpaired) electrons. The highest BCUT2D eigenvalue weighted by Gasteiger charge is 2.51. The van der Waals surface area contributed by atoms with Gasteiger partial charge in [-0.25, -0.2) is 8.42 Å². The van der Waals surface area contributed by atoms with E-state index in [2.05, 4.69) is 10.0 Å². The number of hydrogen-bond donors (Lipinski definition) is 2. The van der Waals surface area contributed by atoms with Gasteiger partial charge in [0.1, 0.15) is 4.21 Å². The van der Waals surface area contributed by atoms with Gasteiger partial charge in [-0.3, -0.25) is 9.52 Å². The maximum Gasteiger partial charge on any atom is 0.271 e. The predicted molar refractivity (Wildman–Crippen MR) is 112 cm³/mol. The molecule has 0 bridgehead atoms. The summed E-state index contributed by atoms with van der Waals surface area (Å²) in [5.74, 6) is 0.729. The Labute approximate surface area is 170 Å². The molecule has 2 aliphatic rings. The van der Waals surface area contributed by atoms with Gasteiger partial charge < -0.3 is 5.32 Å². The van der Waals surface area contributed by atoms with Crippen molar-refractivity contribution in [2.45, 2.75) is 54.6 Å². The summed E-state index contributed by atoms with van der Waals surface area (Å²) in [4.78, 5) is 12.8. The molecular formula is C21H26N2O3S2. The van der Waals surface area contributed by atoms with Crippen LogP contribution in [0.2, 0.25) is 0 Å². The maximum atomic E-state index is 12.8. The summed E-state index contributed by atoms with van der Waals surface area (Å²) in [6, 6.07) is 10.5. The fourth-order valence-corrected chi connectivity index (χ4v) is 6.10. The third kappa shape index (κ3) is 4.10. The van der Waals surface area contributed by atoms with E-state index in [9.17, 15) is 13.2 Å². The smallest absolute Gasteiger partial charge is 0.271 e. The van der Waals surface area contributed by atoms with E-state index in [1.807, 2.05) is 12.1 Å². The van der Waals surface area contributed by atoms with E-state index in [0.717, 1.165) is 24.9 Å². The van der Waals surface area contributed by atoms with Crippen LogP contribution >= 0.6 is 11.3 Å². The normalized spacial score (nSPS) is 19.1. The number of anilines is 1. The Morgan fingerprint density at radius 1 is 1.07 bits per heavy atom. The van der Waals surface area contributed by atoms with Gasteiger partial charge in [0.25, 0.3) is 10.0 Å². The van der Waals surface area contributed by atoms with E-state index in [1.165, 1.54) is 43.4 Å². The first kappa shape index (κ1) is 19.5. The van der Waals surface area contributed by atoms with Crippen LogP contribution in [0.1, 0.15) is 50.5 Å². The third-order valence-corrected chi connectivity index (χ3v) is 8.69. The van der Waals surface area contributed by atoms with Crippen LogP contribution in [-0.4, -0.2) is 20.9 Å². The number of carbonyl (C=O) groups is 1. The van der Waals surface area contributed by atoms with Crippen LogP contribution in [0.4, 0.5) is 5.69 Å². The SMILES string of the molecule is O=C(NCC1CCCCC1)C1(c2ccc(NS(=O)(=O)c3cccs3)cc2)CC1. The van der Waals surface area contributed by atoms with Crippen molar-refractivity contribution in [1.29, 1.82) is 0 Å². The van der Waals surface area contributed by atoms with Crippen molar-refractivity contribution in [3.63, 3.8) is 0 Å². The van der Waals surface area contributed by atoms with Gasteiger partial charge in [0.15, 0.2) is 0 Å². The van der Waals surface area contributed by atoms with Gasteiger partial charge in [0.2, 0.25) is 5.91 Å². The van der Waals surface area contributed by atoms with Gasteiger partial charge in [-0.2, -0.15) is 0 Å². The standard InChI is InChI=1S/C21H26N2O3S2/c24-20(22-15-16-5-2-1-3-6-16)21(12-13-21)17-8-10-18(11-9-17)23-28(25,26)19-7-4-14-27-19/h4,7-11,14,16,23H,1-3,5-6,12-13,15H2,(H,22,24). The lowest BCUT2D eigenvalue weighted by Crippen LogP contribution is -2.38. The summed E-state index contributed by atoms with van der Waals surface area (Å²) in [6.45, 7) is 0.777. The van der Waals surface area contributed by atoms with E-state index >= 15 is 0 Å². The summed E-state index contributed by atoms with van der Waals surface area (Å²) in [5, 5.41) is 4.91. The topological polar surface area (TPSA) is 75.3 Å². The molecule has 0 unspecified atom stereocenters. The third-order valence-electron chi connectivity index (χ3n) is 5.91. The lowest BCUT2D eigenvalue weighted by atomic mass is 9.88. The molecule has 0 spiro atoms. The zero-order chi connectivity index (χ0) is 19.6. The number of sulfonamides is 1. The highest BCUT2D eigenvalue weighted by atomic mass is 32.2. The van der Waals surface area contributed by atoms with E-state index in [4.69, 9.17) is 0 Å². The minimum atomic E-state index is -3.55. The van der Waals surface area contributed by atoms with Crippen LogP contribution in [0.3, 0.4) is 0 Å². The molecule has 2 N–H and O–H groups in total. The highest BCUT2D eigenvalue weighted by Crippen LogP contribution is 2.48. The molecule has 7 heteroatoms. The number of thiophene rings is 1. The molecule has 28 heavy (non-hydrogen) atoms. The van der Waals surface area contributed by atoms with Gasteiger partial charge in [-0.05, 0) is 60.7 Å². The summed E-state index contributed by atoms with van der Waals surface area (Å²) in [5.41, 5.74) is 1.04. The van der Waals surface area contributed by atoms with Crippen molar-refractivity contribution >= 4 is 33.0 Å². The zero-order valence-corrected chi connectivity index (χ0v) is 17.4. The molecule has 0 aliphatic heterocycles. The molecule has 0 saturated heterocycles. The van der Waals surface area contributed by atoms with Crippen molar-refractivity contribution in [1.82, 2.24) is 5.32 Å². The number of hydrogen-bond acceptors (Lipinski definition) is 4. The largest absolute Gasteiger partial charge is 0.355 e. The number of carbonyl (C=O) groups excluding carboxylic acids is 1. The first-order valence-electron chi connectivity index (χ1n) is 9.95. The van der Waals surface area contributed by atoms with Gasteiger partial charge >= 0.3 is 0 Å². The molecule has 150 valence electrons. The number of rotatable bonds is 7. The predicted octanol–water partition coefficient (Wildman–Crippen LogP) is 4.28. The maximum absolute atomic E-state index is 12.8. The summed E-state index contributed by atoms with van der Waals surface area (Å²) >= 11 is 1.18. The monoisotopic (exact) mass is 418 g/mol. The van der Waals surface area contributed by atoms with E-state index in [0.29, 0.717) is 11.6 Å². The van der Waals surface area contributed by atoms with E-state index in [1.54, 1.807) is 29.6 Å². The summed E-state index contributed by atoms with van der Waals surface area (Å²) in [7, 11) is -3.55. The van der Waals surface area contributed by atoms with Crippen molar-refractivity contribution in [3.8, 4) is 0 Å². The zero-order valence-electron chi connectivity index (χ0n) is 15.8. The lowest BCUT2D eigenvalue weighted by Gasteiger charge is -2.23. The molecule has 2 aromatic rings. The molecule has 4 rings (SSSR count). The minimum absolute atomic E-state index is 0.116. The Balaban J connectivity index is 1.39. The van der Waals surface area contributed by atoms with Crippen LogP contribution in [0.25, 0.3) is 0 Å². The van der Waals surface area contributed by atoms with Crippen molar-refractivity contribution in [3.05, 3.63) is 47.3 Å². The second kappa shape index (κ2) is 7.87. The second-order valence-corrected chi connectivity index (χ2v) is 10.8. The number of benzene rings is 1. The van der Waals surface area contributed by atoms with Crippen LogP contribution in [0.15, 0.2) is 46.0 Å². The Kier molecular flexibility index (Phi) is 5.47. The molecule has 1 amide bonds. The molecular weight excluding hydrogens is 392 g/mol. The van der Waals surface area contributed by atoms with Gasteiger partial charge in [0, 0.05) is 12.2 Å². The fourth-order valence-electron chi connectivity index (χ4n) is 4.05. The Hall–Kier alpha value is -1.86. The van der Waals surface area contributed by atoms with Crippen LogP contribution < -0.4 is 10.0 Å². The van der Waals surface area contributed by atoms with Crippen LogP contribution in [0.5, 0.6) is 0 Å². The molecule has 5 nitrogen and oxygen atoms in total. The lowest BCUT2D eigenvalue weighted by molar-refractivity contribution is -0.123. The molecule has 1 aromatic heterocycles. The molecule has 2 aliphatic carbocycles. The average Bonchev–Trinajstić information content (AvgIpc) is 3.31. The first-order chi connectivity index (χ1) is 13.5. The van der Waals surface area contributed by atoms with Crippen molar-refractivity contribution < 1.29 is 13.2 Å². The second-order valence-electron chi connectivity index (χ2n) is 7.91. The van der Waals surface area contributed by atoms with Crippen molar-refractivity contribution in [2.24, 2.45) is 5.92 Å². The van der Waals surface area contributed by atoms with Crippen LogP contribution in [-0.2, 0) is 20.2 Å². The number of nitrogens with one attached hydrogen (secondary N) is 2. The minimum Gasteiger partial charge on any atom is -0.355 e. The van der Waals surface area contributed by atoms with Gasteiger partial charge in [-0.1, -0.05) is 37.5 Å². The summed E-state index contributed by atoms with van der Waals surface area (Å²) < 4.78 is 27.6. The van der Waals surface area contributed by atoms with E-state index < -0.39 is 15.4 Å². The highest BCUT2D eigenvalue weighted by molar-refractivity contribution is 7.94. The van der Waals surface area contributed by atoms with E-state index in [-0.39, 0.29) is 10.1 Å². The molecule has 0 atom stereocenters. The van der Waals surface area contributed by atoms with Gasteiger partial charge in [0.05, 0.1) is 5.41 Å². The number of amides is 1. The Bertz CT molecular complexity index is 911. The van der Waals surface area contributed by atoms with Crippen molar-refractivity contribution in [2.75, 3.05) is 11.3 Å². The molecule has 2 saturated carbocycles. The summed E-state index contributed by atoms with van der Waals surface area (Å²) in [6.07, 6.45) is 7.99. The molecule has 2 fully saturated rings. The van der Waals surface area contributed by atoms with Gasteiger partial charge in [-0.15, -0.1) is 11.3 Å².